The number of carbonyl (C=O) groups excluding carboxylic acids is 1. The van der Waals surface area contributed by atoms with Crippen molar-refractivity contribution < 1.29 is 22.7 Å². The van der Waals surface area contributed by atoms with E-state index in [9.17, 15) is 13.2 Å². The van der Waals surface area contributed by atoms with Gasteiger partial charge in [-0.2, -0.15) is 0 Å². The summed E-state index contributed by atoms with van der Waals surface area (Å²) in [4.78, 5) is 12.2. The van der Waals surface area contributed by atoms with E-state index in [2.05, 4.69) is 0 Å². The molecular formula is C17H16Cl2O5S. The summed E-state index contributed by atoms with van der Waals surface area (Å²) in [7, 11) is -3.41. The molecule has 0 aromatic heterocycles. The van der Waals surface area contributed by atoms with Crippen LogP contribution in [0.15, 0.2) is 41.3 Å². The first-order valence-corrected chi connectivity index (χ1v) is 9.89. The van der Waals surface area contributed by atoms with Crippen LogP contribution >= 0.6 is 23.2 Å². The molecule has 0 aliphatic carbocycles. The van der Waals surface area contributed by atoms with E-state index in [0.29, 0.717) is 21.4 Å². The Hall–Kier alpha value is -1.76. The van der Waals surface area contributed by atoms with Crippen LogP contribution in [-0.2, 0) is 14.6 Å². The smallest absolute Gasteiger partial charge is 0.338 e. The number of esters is 1. The first-order valence-electron chi connectivity index (χ1n) is 7.25. The highest BCUT2D eigenvalue weighted by Crippen LogP contribution is 2.32. The highest BCUT2D eigenvalue weighted by Gasteiger charge is 2.16. The Morgan fingerprint density at radius 2 is 1.72 bits per heavy atom. The van der Waals surface area contributed by atoms with Gasteiger partial charge in [0.05, 0.1) is 20.5 Å². The van der Waals surface area contributed by atoms with E-state index in [1.807, 2.05) is 0 Å². The predicted molar refractivity (Wildman–Crippen MR) is 96.5 cm³/mol. The number of hydrogen-bond donors (Lipinski definition) is 0. The maximum absolute atomic E-state index is 12.2. The molecule has 0 bridgehead atoms. The van der Waals surface area contributed by atoms with Crippen molar-refractivity contribution in [3.63, 3.8) is 0 Å². The van der Waals surface area contributed by atoms with E-state index in [0.717, 1.165) is 6.26 Å². The zero-order chi connectivity index (χ0) is 18.6. The SMILES string of the molecule is Cc1ccc(S(C)(=O)=O)cc1C(=O)OCCOc1c(Cl)cccc1Cl. The van der Waals surface area contributed by atoms with Crippen LogP contribution < -0.4 is 4.74 Å². The quantitative estimate of drug-likeness (QED) is 0.540. The van der Waals surface area contributed by atoms with Crippen LogP contribution in [0.2, 0.25) is 10.0 Å². The molecule has 0 N–H and O–H groups in total. The standard InChI is InChI=1S/C17H16Cl2O5S/c1-11-6-7-12(25(2,21)22)10-13(11)17(20)24-9-8-23-16-14(18)4-3-5-15(16)19/h3-7,10H,8-9H2,1-2H3. The lowest BCUT2D eigenvalue weighted by atomic mass is 10.1. The van der Waals surface area contributed by atoms with Crippen LogP contribution in [0.3, 0.4) is 0 Å². The van der Waals surface area contributed by atoms with Gasteiger partial charge in [0.2, 0.25) is 0 Å². The summed E-state index contributed by atoms with van der Waals surface area (Å²) < 4.78 is 33.8. The molecule has 5 nitrogen and oxygen atoms in total. The van der Waals surface area contributed by atoms with Crippen LogP contribution in [0, 0.1) is 6.92 Å². The lowest BCUT2D eigenvalue weighted by Crippen LogP contribution is -2.14. The van der Waals surface area contributed by atoms with Crippen molar-refractivity contribution in [1.29, 1.82) is 0 Å². The second kappa shape index (κ2) is 8.08. The summed E-state index contributed by atoms with van der Waals surface area (Å²) in [6, 6.07) is 9.27. The molecule has 0 saturated carbocycles. The van der Waals surface area contributed by atoms with E-state index in [-0.39, 0.29) is 23.7 Å². The third-order valence-corrected chi connectivity index (χ3v) is 5.04. The Labute approximate surface area is 156 Å². The zero-order valence-electron chi connectivity index (χ0n) is 13.6. The van der Waals surface area contributed by atoms with Gasteiger partial charge in [0.15, 0.2) is 15.6 Å². The van der Waals surface area contributed by atoms with Crippen molar-refractivity contribution in [2.75, 3.05) is 19.5 Å². The van der Waals surface area contributed by atoms with Crippen LogP contribution in [0.4, 0.5) is 0 Å². The fourth-order valence-corrected chi connectivity index (χ4v) is 3.18. The number of benzene rings is 2. The predicted octanol–water partition coefficient (Wildman–Crippen LogP) is 3.94. The van der Waals surface area contributed by atoms with Crippen molar-refractivity contribution in [3.8, 4) is 5.75 Å². The molecule has 0 spiro atoms. The van der Waals surface area contributed by atoms with Gasteiger partial charge in [-0.1, -0.05) is 35.3 Å². The first-order chi connectivity index (χ1) is 11.7. The van der Waals surface area contributed by atoms with Crippen molar-refractivity contribution in [1.82, 2.24) is 0 Å². The van der Waals surface area contributed by atoms with Gasteiger partial charge < -0.3 is 9.47 Å². The number of para-hydroxylation sites is 1. The summed E-state index contributed by atoms with van der Waals surface area (Å²) >= 11 is 11.9. The van der Waals surface area contributed by atoms with E-state index in [1.54, 1.807) is 31.2 Å². The molecule has 0 aliphatic heterocycles. The number of halogens is 2. The zero-order valence-corrected chi connectivity index (χ0v) is 15.9. The molecule has 25 heavy (non-hydrogen) atoms. The second-order valence-corrected chi connectivity index (χ2v) is 8.11. The molecule has 0 radical (unpaired) electrons. The summed E-state index contributed by atoms with van der Waals surface area (Å²) in [6.45, 7) is 1.71. The summed E-state index contributed by atoms with van der Waals surface area (Å²) in [5.41, 5.74) is 0.811. The fourth-order valence-electron chi connectivity index (χ4n) is 2.03. The Bertz CT molecular complexity index is 874. The van der Waals surface area contributed by atoms with Crippen molar-refractivity contribution in [2.24, 2.45) is 0 Å². The van der Waals surface area contributed by atoms with E-state index in [1.165, 1.54) is 12.1 Å². The molecule has 0 heterocycles. The number of sulfone groups is 1. The molecule has 0 fully saturated rings. The van der Waals surface area contributed by atoms with E-state index >= 15 is 0 Å². The fraction of sp³-hybridized carbons (Fsp3) is 0.235. The highest BCUT2D eigenvalue weighted by atomic mass is 35.5. The second-order valence-electron chi connectivity index (χ2n) is 5.28. The summed E-state index contributed by atoms with van der Waals surface area (Å²) in [5.74, 6) is -0.311. The van der Waals surface area contributed by atoms with Crippen LogP contribution in [0.5, 0.6) is 5.75 Å². The van der Waals surface area contributed by atoms with Crippen LogP contribution in [-0.4, -0.2) is 33.9 Å². The molecule has 8 heteroatoms. The van der Waals surface area contributed by atoms with Crippen LogP contribution in [0.1, 0.15) is 15.9 Å². The molecule has 2 rings (SSSR count). The van der Waals surface area contributed by atoms with Gasteiger partial charge in [0, 0.05) is 6.26 Å². The topological polar surface area (TPSA) is 69.7 Å². The first kappa shape index (κ1) is 19.6. The largest absolute Gasteiger partial charge is 0.487 e. The van der Waals surface area contributed by atoms with Crippen molar-refractivity contribution in [2.45, 2.75) is 11.8 Å². The van der Waals surface area contributed by atoms with Crippen molar-refractivity contribution >= 4 is 39.0 Å². The van der Waals surface area contributed by atoms with Gasteiger partial charge in [0.1, 0.15) is 13.2 Å². The Kier molecular flexibility index (Phi) is 6.32. The molecule has 2 aromatic rings. The van der Waals surface area contributed by atoms with Gasteiger partial charge in [-0.25, -0.2) is 13.2 Å². The molecule has 2 aromatic carbocycles. The Balaban J connectivity index is 1.99. The van der Waals surface area contributed by atoms with Gasteiger partial charge >= 0.3 is 5.97 Å². The molecule has 0 atom stereocenters. The average molecular weight is 403 g/mol. The summed E-state index contributed by atoms with van der Waals surface area (Å²) in [5, 5.41) is 0.714. The number of hydrogen-bond acceptors (Lipinski definition) is 5. The monoisotopic (exact) mass is 402 g/mol. The van der Waals surface area contributed by atoms with Crippen molar-refractivity contribution in [3.05, 3.63) is 57.6 Å². The number of carbonyl (C=O) groups is 1. The molecule has 0 amide bonds. The minimum Gasteiger partial charge on any atom is -0.487 e. The molecule has 0 aliphatic rings. The lowest BCUT2D eigenvalue weighted by Gasteiger charge is -2.11. The molecule has 134 valence electrons. The Morgan fingerprint density at radius 3 is 2.32 bits per heavy atom. The normalized spacial score (nSPS) is 11.2. The van der Waals surface area contributed by atoms with Gasteiger partial charge in [-0.15, -0.1) is 0 Å². The van der Waals surface area contributed by atoms with Gasteiger partial charge in [-0.05, 0) is 36.8 Å². The number of aryl methyl sites for hydroxylation is 1. The van der Waals surface area contributed by atoms with E-state index < -0.39 is 15.8 Å². The number of rotatable bonds is 6. The van der Waals surface area contributed by atoms with Crippen LogP contribution in [0.25, 0.3) is 0 Å². The third-order valence-electron chi connectivity index (χ3n) is 3.34. The molecule has 0 saturated heterocycles. The minimum absolute atomic E-state index is 0.0388. The number of ether oxygens (including phenoxy) is 2. The maximum atomic E-state index is 12.2. The third kappa shape index (κ3) is 5.11. The highest BCUT2D eigenvalue weighted by molar-refractivity contribution is 7.90. The van der Waals surface area contributed by atoms with Gasteiger partial charge in [-0.3, -0.25) is 0 Å². The summed E-state index contributed by atoms with van der Waals surface area (Å²) in [6.07, 6.45) is 1.08. The lowest BCUT2D eigenvalue weighted by molar-refractivity contribution is 0.0449. The maximum Gasteiger partial charge on any atom is 0.338 e. The minimum atomic E-state index is -3.41. The average Bonchev–Trinajstić information content (AvgIpc) is 2.52. The van der Waals surface area contributed by atoms with E-state index in [4.69, 9.17) is 32.7 Å². The Morgan fingerprint density at radius 1 is 1.08 bits per heavy atom. The van der Waals surface area contributed by atoms with Gasteiger partial charge in [0.25, 0.3) is 0 Å². The molecule has 0 unspecified atom stereocenters. The molecular weight excluding hydrogens is 387 g/mol.